The second kappa shape index (κ2) is 8.01. The lowest BCUT2D eigenvalue weighted by Crippen LogP contribution is -2.16. The molecule has 7 nitrogen and oxygen atoms in total. The second-order valence-electron chi connectivity index (χ2n) is 5.70. The van der Waals surface area contributed by atoms with Crippen molar-refractivity contribution in [2.24, 2.45) is 0 Å². The number of carboxylic acid groups (broad SMARTS) is 1. The van der Waals surface area contributed by atoms with E-state index in [0.717, 1.165) is 5.56 Å². The molecule has 3 rings (SSSR count). The van der Waals surface area contributed by atoms with Crippen LogP contribution in [0.15, 0.2) is 71.7 Å². The van der Waals surface area contributed by atoms with Crippen LogP contribution in [0, 0.1) is 0 Å². The zero-order chi connectivity index (χ0) is 19.2. The zero-order valence-electron chi connectivity index (χ0n) is 14.1. The van der Waals surface area contributed by atoms with Gasteiger partial charge >= 0.3 is 12.1 Å². The summed E-state index contributed by atoms with van der Waals surface area (Å²) in [7, 11) is 0. The molecule has 3 aromatic rings. The molecule has 0 aliphatic rings. The Morgan fingerprint density at radius 3 is 2.37 bits per heavy atom. The van der Waals surface area contributed by atoms with Crippen LogP contribution in [0.5, 0.6) is 0 Å². The average molecular weight is 364 g/mol. The molecule has 136 valence electrons. The van der Waals surface area contributed by atoms with E-state index in [9.17, 15) is 14.4 Å². The number of aromatic carboxylic acids is 1. The lowest BCUT2D eigenvalue weighted by Gasteiger charge is -2.08. The van der Waals surface area contributed by atoms with E-state index in [2.05, 4.69) is 10.3 Å². The molecule has 0 unspecified atom stereocenters. The van der Waals surface area contributed by atoms with Crippen LogP contribution in [0.25, 0.3) is 11.1 Å². The van der Waals surface area contributed by atoms with E-state index in [4.69, 9.17) is 9.84 Å². The van der Waals surface area contributed by atoms with Crippen molar-refractivity contribution in [3.8, 4) is 11.1 Å². The van der Waals surface area contributed by atoms with Crippen molar-refractivity contribution >= 4 is 17.7 Å². The molecule has 0 bridgehead atoms. The topological polar surface area (TPSA) is 108 Å². The number of carbonyl (C=O) groups is 2. The summed E-state index contributed by atoms with van der Waals surface area (Å²) in [5.41, 5.74) is 1.65. The van der Waals surface area contributed by atoms with Crippen LogP contribution in [0.4, 0.5) is 10.5 Å². The number of benzene rings is 2. The number of nitrogens with one attached hydrogen (secondary N) is 2. The Morgan fingerprint density at radius 2 is 1.70 bits per heavy atom. The van der Waals surface area contributed by atoms with Crippen molar-refractivity contribution in [2.75, 3.05) is 5.32 Å². The summed E-state index contributed by atoms with van der Waals surface area (Å²) in [4.78, 5) is 36.8. The number of rotatable bonds is 5. The molecule has 1 aromatic heterocycles. The van der Waals surface area contributed by atoms with Crippen LogP contribution in [0.3, 0.4) is 0 Å². The molecule has 0 saturated heterocycles. The third kappa shape index (κ3) is 4.60. The number of H-pyrrole nitrogens is 1. The molecule has 0 fully saturated rings. The highest BCUT2D eigenvalue weighted by Gasteiger charge is 2.10. The summed E-state index contributed by atoms with van der Waals surface area (Å²) >= 11 is 0. The first-order valence-electron chi connectivity index (χ1n) is 8.07. The minimum atomic E-state index is -1.29. The van der Waals surface area contributed by atoms with Gasteiger partial charge in [0.2, 0.25) is 0 Å². The summed E-state index contributed by atoms with van der Waals surface area (Å²) in [6.45, 7) is 0.167. The molecular formula is C20H16N2O5. The Hall–Kier alpha value is -3.87. The summed E-state index contributed by atoms with van der Waals surface area (Å²) < 4.78 is 5.15. The van der Waals surface area contributed by atoms with E-state index in [1.165, 1.54) is 12.3 Å². The molecule has 0 saturated carbocycles. The number of ether oxygens (including phenoxy) is 1. The van der Waals surface area contributed by atoms with Gasteiger partial charge in [-0.2, -0.15) is 0 Å². The first kappa shape index (κ1) is 17.9. The Bertz CT molecular complexity index is 1010. The number of anilines is 1. The van der Waals surface area contributed by atoms with Gasteiger partial charge in [-0.05, 0) is 34.9 Å². The van der Waals surface area contributed by atoms with Gasteiger partial charge in [0, 0.05) is 11.9 Å². The molecule has 7 heteroatoms. The highest BCUT2D eigenvalue weighted by Crippen LogP contribution is 2.21. The molecule has 1 heterocycles. The number of aromatic amines is 1. The SMILES string of the molecule is O=C(Nc1ccc(-c2c[nH]c(=O)c(C(=O)O)c2)cc1)OCc1ccccc1. The Labute approximate surface area is 154 Å². The van der Waals surface area contributed by atoms with E-state index >= 15 is 0 Å². The molecule has 2 aromatic carbocycles. The Kier molecular flexibility index (Phi) is 5.32. The number of hydrogen-bond acceptors (Lipinski definition) is 4. The minimum absolute atomic E-state index is 0.167. The van der Waals surface area contributed by atoms with Crippen molar-refractivity contribution in [3.63, 3.8) is 0 Å². The molecule has 0 aliphatic heterocycles. The average Bonchev–Trinajstić information content (AvgIpc) is 2.68. The number of aromatic nitrogens is 1. The summed E-state index contributed by atoms with van der Waals surface area (Å²) in [5, 5.41) is 11.6. The lowest BCUT2D eigenvalue weighted by molar-refractivity contribution is 0.0695. The van der Waals surface area contributed by atoms with E-state index in [1.54, 1.807) is 24.3 Å². The Morgan fingerprint density at radius 1 is 1.00 bits per heavy atom. The quantitative estimate of drug-likeness (QED) is 0.642. The van der Waals surface area contributed by atoms with Crippen LogP contribution in [0.1, 0.15) is 15.9 Å². The summed E-state index contributed by atoms with van der Waals surface area (Å²) in [6.07, 6.45) is 0.856. The maximum atomic E-state index is 11.9. The van der Waals surface area contributed by atoms with E-state index < -0.39 is 17.6 Å². The van der Waals surface area contributed by atoms with Crippen molar-refractivity contribution in [3.05, 3.63) is 88.3 Å². The van der Waals surface area contributed by atoms with Crippen molar-refractivity contribution < 1.29 is 19.4 Å². The molecule has 0 aliphatic carbocycles. The maximum absolute atomic E-state index is 11.9. The first-order chi connectivity index (χ1) is 13.0. The van der Waals surface area contributed by atoms with E-state index in [0.29, 0.717) is 16.8 Å². The standard InChI is InChI=1S/C20H16N2O5/c23-18-17(19(24)25)10-15(11-21-18)14-6-8-16(9-7-14)22-20(26)27-12-13-4-2-1-3-5-13/h1-11H,12H2,(H,21,23)(H,22,26)(H,24,25). The van der Waals surface area contributed by atoms with E-state index in [-0.39, 0.29) is 12.2 Å². The van der Waals surface area contributed by atoms with Crippen molar-refractivity contribution in [2.45, 2.75) is 6.61 Å². The zero-order valence-corrected chi connectivity index (χ0v) is 14.1. The predicted molar refractivity (Wildman–Crippen MR) is 99.7 cm³/mol. The van der Waals surface area contributed by atoms with Gasteiger partial charge < -0.3 is 14.8 Å². The van der Waals surface area contributed by atoms with Gasteiger partial charge in [-0.25, -0.2) is 9.59 Å². The van der Waals surface area contributed by atoms with Crippen LogP contribution in [-0.4, -0.2) is 22.2 Å². The molecule has 27 heavy (non-hydrogen) atoms. The van der Waals surface area contributed by atoms with Gasteiger partial charge in [0.15, 0.2) is 0 Å². The third-order valence-electron chi connectivity index (χ3n) is 3.81. The molecule has 3 N–H and O–H groups in total. The van der Waals surface area contributed by atoms with Crippen molar-refractivity contribution in [1.82, 2.24) is 4.98 Å². The fourth-order valence-electron chi connectivity index (χ4n) is 2.43. The van der Waals surface area contributed by atoms with Gasteiger partial charge in [0.05, 0.1) is 0 Å². The molecule has 1 amide bonds. The monoisotopic (exact) mass is 364 g/mol. The Balaban J connectivity index is 1.65. The van der Waals surface area contributed by atoms with Gasteiger partial charge in [0.25, 0.3) is 5.56 Å². The second-order valence-corrected chi connectivity index (χ2v) is 5.70. The number of hydrogen-bond donors (Lipinski definition) is 3. The highest BCUT2D eigenvalue weighted by molar-refractivity contribution is 5.89. The largest absolute Gasteiger partial charge is 0.477 e. The number of pyridine rings is 1. The lowest BCUT2D eigenvalue weighted by atomic mass is 10.1. The maximum Gasteiger partial charge on any atom is 0.411 e. The van der Waals surface area contributed by atoms with Gasteiger partial charge in [-0.3, -0.25) is 10.1 Å². The van der Waals surface area contributed by atoms with Crippen LogP contribution in [-0.2, 0) is 11.3 Å². The fourth-order valence-corrected chi connectivity index (χ4v) is 2.43. The molecular weight excluding hydrogens is 348 g/mol. The molecule has 0 spiro atoms. The normalized spacial score (nSPS) is 10.2. The smallest absolute Gasteiger partial charge is 0.411 e. The number of carbonyl (C=O) groups excluding carboxylic acids is 1. The molecule has 0 radical (unpaired) electrons. The summed E-state index contributed by atoms with van der Waals surface area (Å²) in [6, 6.07) is 17.3. The van der Waals surface area contributed by atoms with E-state index in [1.807, 2.05) is 30.3 Å². The van der Waals surface area contributed by atoms with Crippen molar-refractivity contribution in [1.29, 1.82) is 0 Å². The first-order valence-corrected chi connectivity index (χ1v) is 8.07. The summed E-state index contributed by atoms with van der Waals surface area (Å²) in [5.74, 6) is -1.29. The van der Waals surface area contributed by atoms with Gasteiger partial charge in [-0.15, -0.1) is 0 Å². The van der Waals surface area contributed by atoms with Crippen LogP contribution >= 0.6 is 0 Å². The van der Waals surface area contributed by atoms with Gasteiger partial charge in [-0.1, -0.05) is 42.5 Å². The highest BCUT2D eigenvalue weighted by atomic mass is 16.5. The molecule has 0 atom stereocenters. The third-order valence-corrected chi connectivity index (χ3v) is 3.81. The number of carboxylic acids is 1. The minimum Gasteiger partial charge on any atom is -0.477 e. The number of amides is 1. The van der Waals surface area contributed by atoms with Gasteiger partial charge in [0.1, 0.15) is 12.2 Å². The van der Waals surface area contributed by atoms with Crippen LogP contribution in [0.2, 0.25) is 0 Å². The fraction of sp³-hybridized carbons (Fsp3) is 0.0500. The predicted octanol–water partition coefficient (Wildman–Crippen LogP) is 3.49. The van der Waals surface area contributed by atoms with Crippen LogP contribution < -0.4 is 10.9 Å².